The van der Waals surface area contributed by atoms with Gasteiger partial charge in [0.2, 0.25) is 0 Å². The lowest BCUT2D eigenvalue weighted by molar-refractivity contribution is -0.150. The van der Waals surface area contributed by atoms with Gasteiger partial charge < -0.3 is 10.2 Å². The Labute approximate surface area is 82.9 Å². The van der Waals surface area contributed by atoms with Gasteiger partial charge in [0, 0.05) is 0 Å². The maximum atomic E-state index is 10.9. The molecule has 1 aliphatic carbocycles. The summed E-state index contributed by atoms with van der Waals surface area (Å²) < 4.78 is 0. The summed E-state index contributed by atoms with van der Waals surface area (Å²) in [5, 5.41) is 17.5. The van der Waals surface area contributed by atoms with E-state index in [0.29, 0.717) is 0 Å². The first-order chi connectivity index (χ1) is 6.61. The summed E-state index contributed by atoms with van der Waals surface area (Å²) >= 11 is 0. The Morgan fingerprint density at radius 3 is 2.14 bits per heavy atom. The van der Waals surface area contributed by atoms with Crippen LogP contribution in [0.3, 0.4) is 0 Å². The molecular formula is C10H16O4. The Balaban J connectivity index is 2.56. The molecule has 0 radical (unpaired) electrons. The molecule has 0 aromatic rings. The molecule has 4 nitrogen and oxygen atoms in total. The largest absolute Gasteiger partial charge is 0.481 e. The molecule has 0 aromatic heterocycles. The highest BCUT2D eigenvalue weighted by atomic mass is 16.4. The van der Waals surface area contributed by atoms with E-state index in [4.69, 9.17) is 10.2 Å². The fraction of sp³-hybridized carbons (Fsp3) is 0.800. The first kappa shape index (κ1) is 11.0. The Kier molecular flexibility index (Phi) is 3.92. The predicted octanol–water partition coefficient (Wildman–Crippen LogP) is 1.74. The second-order valence-electron chi connectivity index (χ2n) is 3.94. The van der Waals surface area contributed by atoms with Crippen LogP contribution in [0.25, 0.3) is 0 Å². The van der Waals surface area contributed by atoms with Crippen LogP contribution in [0.5, 0.6) is 0 Å². The maximum absolute atomic E-state index is 10.9. The minimum absolute atomic E-state index is 0.0670. The number of hydrogen-bond donors (Lipinski definition) is 2. The number of carboxylic acids is 2. The Morgan fingerprint density at radius 1 is 1.14 bits per heavy atom. The summed E-state index contributed by atoms with van der Waals surface area (Å²) in [6, 6.07) is 0. The molecule has 0 unspecified atom stereocenters. The quantitative estimate of drug-likeness (QED) is 0.724. The molecule has 0 bridgehead atoms. The highest BCUT2D eigenvalue weighted by Gasteiger charge is 2.30. The van der Waals surface area contributed by atoms with Crippen LogP contribution in [0, 0.1) is 11.8 Å². The molecule has 2 N–H and O–H groups in total. The highest BCUT2D eigenvalue weighted by Crippen LogP contribution is 2.31. The second kappa shape index (κ2) is 4.98. The van der Waals surface area contributed by atoms with Crippen molar-refractivity contribution in [2.75, 3.05) is 0 Å². The first-order valence-corrected chi connectivity index (χ1v) is 5.06. The van der Waals surface area contributed by atoms with Gasteiger partial charge in [-0.15, -0.1) is 0 Å². The van der Waals surface area contributed by atoms with Crippen molar-refractivity contribution in [3.8, 4) is 0 Å². The lowest BCUT2D eigenvalue weighted by atomic mass is 9.78. The lowest BCUT2D eigenvalue weighted by Crippen LogP contribution is -2.27. The Bertz CT molecular complexity index is 218. The van der Waals surface area contributed by atoms with Gasteiger partial charge in [-0.05, 0) is 18.8 Å². The van der Waals surface area contributed by atoms with Crippen LogP contribution in [0.2, 0.25) is 0 Å². The van der Waals surface area contributed by atoms with Crippen molar-refractivity contribution in [3.63, 3.8) is 0 Å². The molecule has 4 heteroatoms. The van der Waals surface area contributed by atoms with Crippen LogP contribution in [-0.4, -0.2) is 22.2 Å². The minimum atomic E-state index is -1.01. The van der Waals surface area contributed by atoms with E-state index in [0.717, 1.165) is 32.1 Å². The summed E-state index contributed by atoms with van der Waals surface area (Å²) in [4.78, 5) is 21.4. The van der Waals surface area contributed by atoms with Crippen molar-refractivity contribution < 1.29 is 19.8 Å². The van der Waals surface area contributed by atoms with Crippen molar-refractivity contribution in [2.45, 2.75) is 38.5 Å². The first-order valence-electron chi connectivity index (χ1n) is 5.06. The number of rotatable bonds is 4. The van der Waals surface area contributed by atoms with E-state index in [1.165, 1.54) is 0 Å². The van der Waals surface area contributed by atoms with E-state index in [2.05, 4.69) is 0 Å². The van der Waals surface area contributed by atoms with Crippen molar-refractivity contribution in [1.82, 2.24) is 0 Å². The van der Waals surface area contributed by atoms with E-state index < -0.39 is 17.9 Å². The van der Waals surface area contributed by atoms with Gasteiger partial charge in [0.05, 0.1) is 12.3 Å². The third-order valence-electron chi connectivity index (χ3n) is 2.93. The molecule has 0 amide bonds. The van der Waals surface area contributed by atoms with E-state index in [1.807, 2.05) is 0 Å². The Morgan fingerprint density at radius 2 is 1.71 bits per heavy atom. The molecule has 0 saturated heterocycles. The molecule has 14 heavy (non-hydrogen) atoms. The third kappa shape index (κ3) is 3.01. The van der Waals surface area contributed by atoms with E-state index >= 15 is 0 Å². The molecule has 1 rings (SSSR count). The monoisotopic (exact) mass is 200 g/mol. The third-order valence-corrected chi connectivity index (χ3v) is 2.93. The van der Waals surface area contributed by atoms with Crippen LogP contribution in [0.1, 0.15) is 38.5 Å². The Hall–Kier alpha value is -1.06. The minimum Gasteiger partial charge on any atom is -0.481 e. The number of aliphatic carboxylic acids is 2. The predicted molar refractivity (Wildman–Crippen MR) is 50.0 cm³/mol. The van der Waals surface area contributed by atoms with Gasteiger partial charge in [0.25, 0.3) is 0 Å². The van der Waals surface area contributed by atoms with Crippen LogP contribution in [0.4, 0.5) is 0 Å². The topological polar surface area (TPSA) is 74.6 Å². The lowest BCUT2D eigenvalue weighted by Gasteiger charge is -2.26. The number of hydrogen-bond acceptors (Lipinski definition) is 2. The standard InChI is InChI=1S/C10H16O4/c11-9(12)6-8(10(13)14)7-4-2-1-3-5-7/h7-8H,1-6H2,(H,11,12)(H,13,14)/t8-/m1/s1. The summed E-state index contributed by atoms with van der Waals surface area (Å²) in [5.74, 6) is -2.59. The van der Waals surface area contributed by atoms with Crippen molar-refractivity contribution in [1.29, 1.82) is 0 Å². The van der Waals surface area contributed by atoms with Crippen molar-refractivity contribution >= 4 is 11.9 Å². The summed E-state index contributed by atoms with van der Waals surface area (Å²) in [6.07, 6.45) is 4.71. The van der Waals surface area contributed by atoms with Crippen LogP contribution in [0.15, 0.2) is 0 Å². The molecule has 0 aromatic carbocycles. The molecule has 1 fully saturated rings. The zero-order valence-corrected chi connectivity index (χ0v) is 8.11. The summed E-state index contributed by atoms with van der Waals surface area (Å²) in [7, 11) is 0. The average Bonchev–Trinajstić information content (AvgIpc) is 2.15. The SMILES string of the molecule is O=C(O)C[C@@H](C(=O)O)C1CCCCC1. The fourth-order valence-electron chi connectivity index (χ4n) is 2.18. The van der Waals surface area contributed by atoms with Gasteiger partial charge >= 0.3 is 11.9 Å². The van der Waals surface area contributed by atoms with Crippen LogP contribution < -0.4 is 0 Å². The van der Waals surface area contributed by atoms with Gasteiger partial charge in [-0.3, -0.25) is 9.59 Å². The van der Waals surface area contributed by atoms with E-state index in [9.17, 15) is 9.59 Å². The summed E-state index contributed by atoms with van der Waals surface area (Å²) in [5.41, 5.74) is 0. The number of carboxylic acid groups (broad SMARTS) is 2. The smallest absolute Gasteiger partial charge is 0.307 e. The van der Waals surface area contributed by atoms with Gasteiger partial charge in [-0.2, -0.15) is 0 Å². The van der Waals surface area contributed by atoms with E-state index in [-0.39, 0.29) is 12.3 Å². The molecule has 0 aliphatic heterocycles. The van der Waals surface area contributed by atoms with Gasteiger partial charge in [-0.1, -0.05) is 19.3 Å². The average molecular weight is 200 g/mol. The molecule has 80 valence electrons. The van der Waals surface area contributed by atoms with Gasteiger partial charge in [0.1, 0.15) is 0 Å². The van der Waals surface area contributed by atoms with Crippen LogP contribution >= 0.6 is 0 Å². The molecule has 0 spiro atoms. The maximum Gasteiger partial charge on any atom is 0.307 e. The van der Waals surface area contributed by atoms with Gasteiger partial charge in [0.15, 0.2) is 0 Å². The zero-order valence-electron chi connectivity index (χ0n) is 8.11. The van der Waals surface area contributed by atoms with E-state index in [1.54, 1.807) is 0 Å². The second-order valence-corrected chi connectivity index (χ2v) is 3.94. The van der Waals surface area contributed by atoms with Crippen LogP contribution in [-0.2, 0) is 9.59 Å². The number of carbonyl (C=O) groups is 2. The van der Waals surface area contributed by atoms with Crippen molar-refractivity contribution in [3.05, 3.63) is 0 Å². The van der Waals surface area contributed by atoms with Gasteiger partial charge in [-0.25, -0.2) is 0 Å². The molecule has 1 saturated carbocycles. The fourth-order valence-corrected chi connectivity index (χ4v) is 2.18. The van der Waals surface area contributed by atoms with Crippen molar-refractivity contribution in [2.24, 2.45) is 11.8 Å². The molecule has 1 atom stereocenters. The normalized spacial score (nSPS) is 20.3. The zero-order chi connectivity index (χ0) is 10.6. The summed E-state index contributed by atoms with van der Waals surface area (Å²) in [6.45, 7) is 0. The molecule has 1 aliphatic rings. The molecular weight excluding hydrogens is 184 g/mol. The molecule has 0 heterocycles. The highest BCUT2D eigenvalue weighted by molar-refractivity contribution is 5.77.